The second-order valence-electron chi connectivity index (χ2n) is 9.30. The molecule has 3 aromatic carbocycles. The van der Waals surface area contributed by atoms with E-state index >= 15 is 0 Å². The van der Waals surface area contributed by atoms with E-state index in [2.05, 4.69) is 10.6 Å². The van der Waals surface area contributed by atoms with Gasteiger partial charge in [0.1, 0.15) is 0 Å². The minimum atomic E-state index is -3.49. The summed E-state index contributed by atoms with van der Waals surface area (Å²) in [5.74, 6) is -0.330. The van der Waals surface area contributed by atoms with Gasteiger partial charge >= 0.3 is 0 Å². The Hall–Kier alpha value is -3.23. The number of piperidine rings is 1. The molecule has 35 heavy (non-hydrogen) atoms. The summed E-state index contributed by atoms with van der Waals surface area (Å²) in [7, 11) is -3.49. The molecule has 8 heteroatoms. The van der Waals surface area contributed by atoms with Crippen LogP contribution in [0, 0.1) is 5.92 Å². The number of hydrogen-bond donors (Lipinski definition) is 2. The zero-order valence-corrected chi connectivity index (χ0v) is 20.3. The van der Waals surface area contributed by atoms with Crippen molar-refractivity contribution >= 4 is 38.3 Å². The van der Waals surface area contributed by atoms with E-state index in [1.807, 2.05) is 30.3 Å². The topological polar surface area (TPSA) is 95.6 Å². The number of anilines is 1. The number of benzene rings is 3. The van der Waals surface area contributed by atoms with Gasteiger partial charge in [0.05, 0.1) is 16.1 Å². The molecule has 0 bridgehead atoms. The summed E-state index contributed by atoms with van der Waals surface area (Å²) in [5, 5.41) is 7.69. The highest BCUT2D eigenvalue weighted by molar-refractivity contribution is 7.89. The van der Waals surface area contributed by atoms with E-state index in [1.54, 1.807) is 34.6 Å². The zero-order chi connectivity index (χ0) is 24.4. The van der Waals surface area contributed by atoms with Crippen molar-refractivity contribution in [2.75, 3.05) is 18.4 Å². The maximum absolute atomic E-state index is 13.1. The van der Waals surface area contributed by atoms with Crippen LogP contribution in [0.3, 0.4) is 0 Å². The molecule has 0 radical (unpaired) electrons. The molecular weight excluding hydrogens is 462 g/mol. The molecule has 182 valence electrons. The van der Waals surface area contributed by atoms with Crippen LogP contribution in [-0.4, -0.2) is 37.6 Å². The van der Waals surface area contributed by atoms with Gasteiger partial charge in [0.25, 0.3) is 5.91 Å². The maximum atomic E-state index is 13.1. The average Bonchev–Trinajstić information content (AvgIpc) is 3.73. The molecule has 2 N–H and O–H groups in total. The number of nitrogens with zero attached hydrogens (tertiary/aromatic N) is 1. The fraction of sp³-hybridized carbons (Fsp3) is 0.333. The predicted molar refractivity (Wildman–Crippen MR) is 136 cm³/mol. The van der Waals surface area contributed by atoms with E-state index in [1.165, 1.54) is 0 Å². The van der Waals surface area contributed by atoms with Gasteiger partial charge in [-0.15, -0.1) is 0 Å². The first-order chi connectivity index (χ1) is 16.9. The van der Waals surface area contributed by atoms with Crippen LogP contribution in [0.2, 0.25) is 0 Å². The van der Waals surface area contributed by atoms with Gasteiger partial charge in [0.15, 0.2) is 0 Å². The normalized spacial score (nSPS) is 16.7. The third-order valence-corrected chi connectivity index (χ3v) is 8.58. The number of amides is 2. The molecule has 0 spiro atoms. The Balaban J connectivity index is 1.30. The lowest BCUT2D eigenvalue weighted by Gasteiger charge is -2.25. The van der Waals surface area contributed by atoms with Crippen molar-refractivity contribution < 1.29 is 18.0 Å². The molecule has 1 saturated heterocycles. The van der Waals surface area contributed by atoms with E-state index in [4.69, 9.17) is 0 Å². The number of carbonyl (C=O) groups is 2. The Morgan fingerprint density at radius 3 is 2.20 bits per heavy atom. The summed E-state index contributed by atoms with van der Waals surface area (Å²) in [6.07, 6.45) is 4.60. The average molecular weight is 492 g/mol. The van der Waals surface area contributed by atoms with E-state index in [-0.39, 0.29) is 29.2 Å². The van der Waals surface area contributed by atoms with Gasteiger partial charge in [-0.3, -0.25) is 9.59 Å². The molecule has 0 unspecified atom stereocenters. The van der Waals surface area contributed by atoms with Crippen LogP contribution in [0.1, 0.15) is 48.0 Å². The first-order valence-corrected chi connectivity index (χ1v) is 13.6. The molecule has 2 amide bonds. The summed E-state index contributed by atoms with van der Waals surface area (Å²) < 4.78 is 27.3. The number of fused-ring (bicyclic) bond motifs is 1. The van der Waals surface area contributed by atoms with Crippen LogP contribution in [0.5, 0.6) is 0 Å². The standard InChI is InChI=1S/C27H29N3O4S/c31-26(20-10-11-20)29-25-17-22-7-3-2-6-21(22)16-24(25)27(32)28-18-19-8-12-23(13-9-19)35(33,34)30-14-4-1-5-15-30/h2-3,6-9,12-13,16-17,20H,1,4-5,10-11,14-15,18H2,(H,28,32)(H,29,31). The van der Waals surface area contributed by atoms with Crippen LogP contribution in [0.25, 0.3) is 10.8 Å². The maximum Gasteiger partial charge on any atom is 0.253 e. The van der Waals surface area contributed by atoms with E-state index < -0.39 is 10.0 Å². The number of hydrogen-bond acceptors (Lipinski definition) is 4. The third-order valence-electron chi connectivity index (χ3n) is 6.67. The highest BCUT2D eigenvalue weighted by Crippen LogP contribution is 2.32. The highest BCUT2D eigenvalue weighted by Gasteiger charge is 2.30. The van der Waals surface area contributed by atoms with Crippen molar-refractivity contribution in [3.05, 3.63) is 71.8 Å². The minimum Gasteiger partial charge on any atom is -0.348 e. The molecule has 0 aromatic heterocycles. The highest BCUT2D eigenvalue weighted by atomic mass is 32.2. The molecule has 1 aliphatic heterocycles. The van der Waals surface area contributed by atoms with E-state index in [9.17, 15) is 18.0 Å². The van der Waals surface area contributed by atoms with Gasteiger partial charge in [-0.05, 0) is 66.3 Å². The largest absolute Gasteiger partial charge is 0.348 e. The Labute approximate surface area is 205 Å². The molecular formula is C27H29N3O4S. The summed E-state index contributed by atoms with van der Waals surface area (Å²) in [6, 6.07) is 18.0. The van der Waals surface area contributed by atoms with E-state index in [0.717, 1.165) is 48.4 Å². The fourth-order valence-electron chi connectivity index (χ4n) is 4.42. The van der Waals surface area contributed by atoms with Crippen molar-refractivity contribution in [1.29, 1.82) is 0 Å². The number of carbonyl (C=O) groups excluding carboxylic acids is 2. The SMILES string of the molecule is O=C(NCc1ccc(S(=O)(=O)N2CCCCC2)cc1)c1cc2ccccc2cc1NC(=O)C1CC1. The van der Waals surface area contributed by atoms with E-state index in [0.29, 0.717) is 24.3 Å². The lowest BCUT2D eigenvalue weighted by molar-refractivity contribution is -0.117. The van der Waals surface area contributed by atoms with Gasteiger partial charge in [0.2, 0.25) is 15.9 Å². The fourth-order valence-corrected chi connectivity index (χ4v) is 5.94. The lowest BCUT2D eigenvalue weighted by Crippen LogP contribution is -2.35. The van der Waals surface area contributed by atoms with Crippen molar-refractivity contribution in [1.82, 2.24) is 9.62 Å². The van der Waals surface area contributed by atoms with Gasteiger partial charge in [0, 0.05) is 25.6 Å². The van der Waals surface area contributed by atoms with Crippen LogP contribution >= 0.6 is 0 Å². The molecule has 2 aliphatic rings. The Morgan fingerprint density at radius 1 is 0.886 bits per heavy atom. The Bertz CT molecular complexity index is 1360. The smallest absolute Gasteiger partial charge is 0.253 e. The van der Waals surface area contributed by atoms with Gasteiger partial charge in [-0.1, -0.05) is 42.8 Å². The van der Waals surface area contributed by atoms with Crippen LogP contribution in [0.15, 0.2) is 65.6 Å². The Morgan fingerprint density at radius 2 is 1.54 bits per heavy atom. The van der Waals surface area contributed by atoms with Crippen LogP contribution < -0.4 is 10.6 Å². The second kappa shape index (κ2) is 9.79. The van der Waals surface area contributed by atoms with Crippen LogP contribution in [0.4, 0.5) is 5.69 Å². The summed E-state index contributed by atoms with van der Waals surface area (Å²) in [6.45, 7) is 1.36. The summed E-state index contributed by atoms with van der Waals surface area (Å²) >= 11 is 0. The number of sulfonamides is 1. The first kappa shape index (κ1) is 23.5. The second-order valence-corrected chi connectivity index (χ2v) is 11.2. The Kier molecular flexibility index (Phi) is 6.58. The molecule has 3 aromatic rings. The van der Waals surface area contributed by atoms with Crippen molar-refractivity contribution in [3.63, 3.8) is 0 Å². The van der Waals surface area contributed by atoms with Crippen molar-refractivity contribution in [2.24, 2.45) is 5.92 Å². The van der Waals surface area contributed by atoms with Crippen molar-refractivity contribution in [2.45, 2.75) is 43.5 Å². The monoisotopic (exact) mass is 491 g/mol. The zero-order valence-electron chi connectivity index (χ0n) is 19.5. The summed E-state index contributed by atoms with van der Waals surface area (Å²) in [5.41, 5.74) is 1.70. The van der Waals surface area contributed by atoms with Gasteiger partial charge in [-0.2, -0.15) is 4.31 Å². The molecule has 1 saturated carbocycles. The molecule has 1 heterocycles. The first-order valence-electron chi connectivity index (χ1n) is 12.1. The quantitative estimate of drug-likeness (QED) is 0.515. The molecule has 1 aliphatic carbocycles. The number of nitrogens with one attached hydrogen (secondary N) is 2. The molecule has 7 nitrogen and oxygen atoms in total. The van der Waals surface area contributed by atoms with Gasteiger partial charge < -0.3 is 10.6 Å². The third kappa shape index (κ3) is 5.23. The lowest BCUT2D eigenvalue weighted by atomic mass is 10.0. The summed E-state index contributed by atoms with van der Waals surface area (Å²) in [4.78, 5) is 25.8. The molecule has 0 atom stereocenters. The van der Waals surface area contributed by atoms with Crippen LogP contribution in [-0.2, 0) is 21.4 Å². The molecule has 2 fully saturated rings. The molecule has 5 rings (SSSR count). The predicted octanol–water partition coefficient (Wildman–Crippen LogP) is 4.29. The van der Waals surface area contributed by atoms with Crippen molar-refractivity contribution in [3.8, 4) is 0 Å². The van der Waals surface area contributed by atoms with Gasteiger partial charge in [-0.25, -0.2) is 8.42 Å². The number of rotatable bonds is 7. The minimum absolute atomic E-state index is 0.0251.